The van der Waals surface area contributed by atoms with Crippen LogP contribution in [0.2, 0.25) is 0 Å². The second-order valence-corrected chi connectivity index (χ2v) is 5.31. The SMILES string of the molecule is CCCCCCC(=O)N1CCC(O)C1(C)C. The zero-order valence-electron chi connectivity index (χ0n) is 10.8. The second-order valence-electron chi connectivity index (χ2n) is 5.31. The first-order valence-electron chi connectivity index (χ1n) is 6.48. The number of unbranched alkanes of at least 4 members (excludes halogenated alkanes) is 3. The van der Waals surface area contributed by atoms with Gasteiger partial charge >= 0.3 is 0 Å². The minimum Gasteiger partial charge on any atom is -0.391 e. The number of aliphatic hydroxyl groups is 1. The van der Waals surface area contributed by atoms with Gasteiger partial charge in [0, 0.05) is 13.0 Å². The molecule has 0 aromatic carbocycles. The lowest BCUT2D eigenvalue weighted by Crippen LogP contribution is -2.47. The van der Waals surface area contributed by atoms with E-state index in [2.05, 4.69) is 6.92 Å². The van der Waals surface area contributed by atoms with Gasteiger partial charge in [0.25, 0.3) is 0 Å². The first kappa shape index (κ1) is 13.5. The van der Waals surface area contributed by atoms with Crippen molar-refractivity contribution in [2.75, 3.05) is 6.54 Å². The van der Waals surface area contributed by atoms with Crippen LogP contribution in [0.1, 0.15) is 59.3 Å². The van der Waals surface area contributed by atoms with Gasteiger partial charge in [-0.1, -0.05) is 26.2 Å². The fraction of sp³-hybridized carbons (Fsp3) is 0.923. The van der Waals surface area contributed by atoms with Crippen LogP contribution >= 0.6 is 0 Å². The highest BCUT2D eigenvalue weighted by molar-refractivity contribution is 5.77. The third-order valence-electron chi connectivity index (χ3n) is 3.68. The van der Waals surface area contributed by atoms with E-state index in [1.54, 1.807) is 0 Å². The van der Waals surface area contributed by atoms with Crippen molar-refractivity contribution in [1.29, 1.82) is 0 Å². The van der Waals surface area contributed by atoms with Crippen molar-refractivity contribution in [1.82, 2.24) is 4.90 Å². The second kappa shape index (κ2) is 5.67. The Labute approximate surface area is 98.8 Å². The van der Waals surface area contributed by atoms with E-state index in [0.29, 0.717) is 19.4 Å². The van der Waals surface area contributed by atoms with Crippen molar-refractivity contribution in [3.05, 3.63) is 0 Å². The average molecular weight is 227 g/mol. The summed E-state index contributed by atoms with van der Waals surface area (Å²) in [4.78, 5) is 13.8. The van der Waals surface area contributed by atoms with Gasteiger partial charge in [0.1, 0.15) is 0 Å². The molecular weight excluding hydrogens is 202 g/mol. The maximum atomic E-state index is 12.0. The number of likely N-dealkylation sites (tertiary alicyclic amines) is 1. The van der Waals surface area contributed by atoms with Gasteiger partial charge in [0.05, 0.1) is 11.6 Å². The fourth-order valence-electron chi connectivity index (χ4n) is 2.36. The van der Waals surface area contributed by atoms with Crippen molar-refractivity contribution in [2.45, 2.75) is 70.9 Å². The van der Waals surface area contributed by atoms with Crippen molar-refractivity contribution in [2.24, 2.45) is 0 Å². The number of carbonyl (C=O) groups excluding carboxylic acids is 1. The summed E-state index contributed by atoms with van der Waals surface area (Å²) in [7, 11) is 0. The Morgan fingerprint density at radius 3 is 2.56 bits per heavy atom. The standard InChI is InChI=1S/C13H25NO2/c1-4-5-6-7-8-12(16)14-10-9-11(15)13(14,2)3/h11,15H,4-10H2,1-3H3. The van der Waals surface area contributed by atoms with Gasteiger partial charge < -0.3 is 10.0 Å². The molecule has 94 valence electrons. The minimum atomic E-state index is -0.373. The molecule has 0 aromatic heterocycles. The lowest BCUT2D eigenvalue weighted by molar-refractivity contribution is -0.136. The third kappa shape index (κ3) is 2.97. The van der Waals surface area contributed by atoms with Gasteiger partial charge in [0.15, 0.2) is 0 Å². The smallest absolute Gasteiger partial charge is 0.223 e. The molecule has 0 bridgehead atoms. The Morgan fingerprint density at radius 2 is 2.06 bits per heavy atom. The molecule has 0 spiro atoms. The summed E-state index contributed by atoms with van der Waals surface area (Å²) in [5, 5.41) is 9.79. The Kier molecular flexibility index (Phi) is 4.78. The fourth-order valence-corrected chi connectivity index (χ4v) is 2.36. The number of hydrogen-bond donors (Lipinski definition) is 1. The van der Waals surface area contributed by atoms with Crippen LogP contribution in [0.5, 0.6) is 0 Å². The van der Waals surface area contributed by atoms with E-state index >= 15 is 0 Å². The third-order valence-corrected chi connectivity index (χ3v) is 3.68. The maximum absolute atomic E-state index is 12.0. The lowest BCUT2D eigenvalue weighted by atomic mass is 9.98. The number of aliphatic hydroxyl groups excluding tert-OH is 1. The highest BCUT2D eigenvalue weighted by atomic mass is 16.3. The molecule has 0 aromatic rings. The van der Waals surface area contributed by atoms with E-state index in [1.807, 2.05) is 18.7 Å². The Hall–Kier alpha value is -0.570. The predicted octanol–water partition coefficient (Wildman–Crippen LogP) is 2.33. The highest BCUT2D eigenvalue weighted by Gasteiger charge is 2.42. The average Bonchev–Trinajstić information content (AvgIpc) is 2.49. The van der Waals surface area contributed by atoms with E-state index in [4.69, 9.17) is 0 Å². The van der Waals surface area contributed by atoms with E-state index in [9.17, 15) is 9.90 Å². The highest BCUT2D eigenvalue weighted by Crippen LogP contribution is 2.29. The first-order chi connectivity index (χ1) is 7.50. The molecular formula is C13H25NO2. The number of carbonyl (C=O) groups is 1. The van der Waals surface area contributed by atoms with Crippen LogP contribution in [0.3, 0.4) is 0 Å². The summed E-state index contributed by atoms with van der Waals surface area (Å²) in [5.74, 6) is 0.206. The molecule has 1 atom stereocenters. The molecule has 1 fully saturated rings. The molecule has 1 heterocycles. The Morgan fingerprint density at radius 1 is 1.38 bits per heavy atom. The van der Waals surface area contributed by atoms with Crippen LogP contribution in [0, 0.1) is 0 Å². The number of rotatable bonds is 5. The van der Waals surface area contributed by atoms with Crippen LogP contribution in [-0.4, -0.2) is 34.1 Å². The molecule has 1 N–H and O–H groups in total. The minimum absolute atomic E-state index is 0.206. The van der Waals surface area contributed by atoms with E-state index in [1.165, 1.54) is 12.8 Å². The molecule has 1 rings (SSSR count). The lowest BCUT2D eigenvalue weighted by Gasteiger charge is -2.33. The molecule has 3 heteroatoms. The molecule has 1 unspecified atom stereocenters. The first-order valence-corrected chi connectivity index (χ1v) is 6.48. The van der Waals surface area contributed by atoms with Gasteiger partial charge in [-0.15, -0.1) is 0 Å². The van der Waals surface area contributed by atoms with Crippen LogP contribution in [0.15, 0.2) is 0 Å². The molecule has 3 nitrogen and oxygen atoms in total. The Balaban J connectivity index is 2.37. The molecule has 0 aliphatic carbocycles. The topological polar surface area (TPSA) is 40.5 Å². The van der Waals surface area contributed by atoms with Crippen molar-refractivity contribution < 1.29 is 9.90 Å². The maximum Gasteiger partial charge on any atom is 0.223 e. The zero-order valence-corrected chi connectivity index (χ0v) is 10.8. The number of amides is 1. The Bertz CT molecular complexity index is 238. The molecule has 1 aliphatic rings. The van der Waals surface area contributed by atoms with E-state index in [-0.39, 0.29) is 17.6 Å². The van der Waals surface area contributed by atoms with Crippen molar-refractivity contribution in [3.8, 4) is 0 Å². The zero-order chi connectivity index (χ0) is 12.2. The number of nitrogens with zero attached hydrogens (tertiary/aromatic N) is 1. The van der Waals surface area contributed by atoms with Crippen LogP contribution < -0.4 is 0 Å². The van der Waals surface area contributed by atoms with Gasteiger partial charge in [-0.25, -0.2) is 0 Å². The van der Waals surface area contributed by atoms with Crippen LogP contribution in [0.4, 0.5) is 0 Å². The molecule has 16 heavy (non-hydrogen) atoms. The van der Waals surface area contributed by atoms with Crippen LogP contribution in [0.25, 0.3) is 0 Å². The van der Waals surface area contributed by atoms with Gasteiger partial charge in [-0.2, -0.15) is 0 Å². The summed E-state index contributed by atoms with van der Waals surface area (Å²) >= 11 is 0. The quantitative estimate of drug-likeness (QED) is 0.732. The number of hydrogen-bond acceptors (Lipinski definition) is 2. The van der Waals surface area contributed by atoms with Gasteiger partial charge in [0.2, 0.25) is 5.91 Å². The molecule has 1 saturated heterocycles. The van der Waals surface area contributed by atoms with E-state index < -0.39 is 0 Å². The van der Waals surface area contributed by atoms with Crippen molar-refractivity contribution in [3.63, 3.8) is 0 Å². The summed E-state index contributed by atoms with van der Waals surface area (Å²) in [6.07, 6.45) is 5.51. The summed E-state index contributed by atoms with van der Waals surface area (Å²) in [5.41, 5.74) is -0.373. The monoisotopic (exact) mass is 227 g/mol. The van der Waals surface area contributed by atoms with Crippen molar-refractivity contribution >= 4 is 5.91 Å². The summed E-state index contributed by atoms with van der Waals surface area (Å²) < 4.78 is 0. The summed E-state index contributed by atoms with van der Waals surface area (Å²) in [6, 6.07) is 0. The van der Waals surface area contributed by atoms with E-state index in [0.717, 1.165) is 12.8 Å². The largest absolute Gasteiger partial charge is 0.391 e. The van der Waals surface area contributed by atoms with Crippen LogP contribution in [-0.2, 0) is 4.79 Å². The molecule has 1 amide bonds. The van der Waals surface area contributed by atoms with Gasteiger partial charge in [-0.3, -0.25) is 4.79 Å². The summed E-state index contributed by atoms with van der Waals surface area (Å²) in [6.45, 7) is 6.78. The predicted molar refractivity (Wildman–Crippen MR) is 65.2 cm³/mol. The van der Waals surface area contributed by atoms with Gasteiger partial charge in [-0.05, 0) is 26.7 Å². The molecule has 0 radical (unpaired) electrons. The normalized spacial score (nSPS) is 23.8. The molecule has 0 saturated carbocycles. The molecule has 1 aliphatic heterocycles.